The van der Waals surface area contributed by atoms with Gasteiger partial charge < -0.3 is 9.63 Å². The summed E-state index contributed by atoms with van der Waals surface area (Å²) in [7, 11) is 0. The average molecular weight is 256 g/mol. The van der Waals surface area contributed by atoms with E-state index >= 15 is 0 Å². The zero-order valence-corrected chi connectivity index (χ0v) is 9.45. The number of carboxylic acids is 1. The summed E-state index contributed by atoms with van der Waals surface area (Å²) in [5, 5.41) is 12.5. The number of carboxylic acid groups (broad SMARTS) is 1. The number of benzene rings is 1. The largest absolute Gasteiger partial charge is 0.475 e. The number of aryl methyl sites for hydroxylation is 1. The van der Waals surface area contributed by atoms with Crippen molar-refractivity contribution in [2.75, 3.05) is 0 Å². The van der Waals surface area contributed by atoms with Gasteiger partial charge in [0.1, 0.15) is 11.5 Å². The van der Waals surface area contributed by atoms with Gasteiger partial charge in [-0.2, -0.15) is 0 Å². The maximum atomic E-state index is 13.6. The fourth-order valence-electron chi connectivity index (χ4n) is 1.35. The monoisotopic (exact) mass is 255 g/mol. The first kappa shape index (κ1) is 11.6. The van der Waals surface area contributed by atoms with Crippen molar-refractivity contribution in [3.63, 3.8) is 0 Å². The second-order valence-corrected chi connectivity index (χ2v) is 3.87. The molecule has 1 aromatic heterocycles. The van der Waals surface area contributed by atoms with Gasteiger partial charge in [0.05, 0.1) is 0 Å². The van der Waals surface area contributed by atoms with Crippen LogP contribution in [0.3, 0.4) is 0 Å². The van der Waals surface area contributed by atoms with Crippen LogP contribution in [0, 0.1) is 12.7 Å². The van der Waals surface area contributed by atoms with Crippen molar-refractivity contribution in [2.45, 2.75) is 6.92 Å². The van der Waals surface area contributed by atoms with E-state index in [0.717, 1.165) is 6.07 Å². The minimum atomic E-state index is -1.26. The average Bonchev–Trinajstić information content (AvgIpc) is 2.72. The van der Waals surface area contributed by atoms with Gasteiger partial charge in [-0.25, -0.2) is 9.18 Å². The van der Waals surface area contributed by atoms with Crippen molar-refractivity contribution < 1.29 is 18.8 Å². The van der Waals surface area contributed by atoms with Gasteiger partial charge in [0.15, 0.2) is 0 Å². The van der Waals surface area contributed by atoms with Crippen LogP contribution < -0.4 is 0 Å². The van der Waals surface area contributed by atoms with Crippen LogP contribution in [0.25, 0.3) is 11.3 Å². The van der Waals surface area contributed by atoms with Crippen LogP contribution in [0.5, 0.6) is 0 Å². The van der Waals surface area contributed by atoms with Crippen LogP contribution in [0.15, 0.2) is 22.7 Å². The number of carbonyl (C=O) groups is 1. The van der Waals surface area contributed by atoms with E-state index in [1.165, 1.54) is 12.1 Å². The summed E-state index contributed by atoms with van der Waals surface area (Å²) >= 11 is 5.86. The Morgan fingerprint density at radius 3 is 2.76 bits per heavy atom. The fraction of sp³-hybridized carbons (Fsp3) is 0.0909. The van der Waals surface area contributed by atoms with E-state index in [2.05, 4.69) is 9.68 Å². The number of hydrogen-bond acceptors (Lipinski definition) is 3. The predicted molar refractivity (Wildman–Crippen MR) is 58.6 cm³/mol. The molecule has 1 N–H and O–H groups in total. The van der Waals surface area contributed by atoms with Crippen LogP contribution in [-0.4, -0.2) is 16.2 Å². The van der Waals surface area contributed by atoms with Crippen LogP contribution in [0.1, 0.15) is 16.1 Å². The summed E-state index contributed by atoms with van der Waals surface area (Å²) in [6.45, 7) is 1.67. The zero-order valence-electron chi connectivity index (χ0n) is 8.70. The quantitative estimate of drug-likeness (QED) is 0.895. The molecule has 4 nitrogen and oxygen atoms in total. The van der Waals surface area contributed by atoms with Crippen molar-refractivity contribution in [3.8, 4) is 11.3 Å². The van der Waals surface area contributed by atoms with E-state index in [4.69, 9.17) is 16.7 Å². The highest BCUT2D eigenvalue weighted by Crippen LogP contribution is 2.28. The van der Waals surface area contributed by atoms with Crippen molar-refractivity contribution in [1.29, 1.82) is 0 Å². The number of aromatic nitrogens is 1. The highest BCUT2D eigenvalue weighted by molar-refractivity contribution is 6.31. The molecule has 1 heterocycles. The van der Waals surface area contributed by atoms with E-state index in [1.807, 2.05) is 0 Å². The number of aromatic carboxylic acids is 1. The lowest BCUT2D eigenvalue weighted by Crippen LogP contribution is -1.92. The maximum absolute atomic E-state index is 13.6. The maximum Gasteiger partial charge on any atom is 0.374 e. The van der Waals surface area contributed by atoms with E-state index in [-0.39, 0.29) is 17.0 Å². The summed E-state index contributed by atoms with van der Waals surface area (Å²) < 4.78 is 18.2. The molecular weight excluding hydrogens is 249 g/mol. The first-order valence-corrected chi connectivity index (χ1v) is 5.03. The van der Waals surface area contributed by atoms with E-state index in [9.17, 15) is 9.18 Å². The van der Waals surface area contributed by atoms with Crippen molar-refractivity contribution in [3.05, 3.63) is 40.4 Å². The third kappa shape index (κ3) is 2.14. The summed E-state index contributed by atoms with van der Waals surface area (Å²) in [4.78, 5) is 10.6. The van der Waals surface area contributed by atoms with Crippen molar-refractivity contribution >= 4 is 17.6 Å². The summed E-state index contributed by atoms with van der Waals surface area (Å²) in [6.07, 6.45) is 0. The molecule has 0 atom stereocenters. The number of hydrogen-bond donors (Lipinski definition) is 1. The Bertz CT molecular complexity index is 594. The lowest BCUT2D eigenvalue weighted by atomic mass is 10.1. The second kappa shape index (κ2) is 4.18. The third-order valence-electron chi connectivity index (χ3n) is 2.25. The topological polar surface area (TPSA) is 63.3 Å². The van der Waals surface area contributed by atoms with Gasteiger partial charge in [0.2, 0.25) is 5.76 Å². The Balaban J connectivity index is 2.52. The minimum absolute atomic E-state index is 0.0989. The lowest BCUT2D eigenvalue weighted by molar-refractivity contribution is 0.0652. The number of nitrogens with zero attached hydrogens (tertiary/aromatic N) is 1. The highest BCUT2D eigenvalue weighted by Gasteiger charge is 2.16. The molecule has 0 amide bonds. The Morgan fingerprint density at radius 1 is 1.47 bits per heavy atom. The molecule has 6 heteroatoms. The molecular formula is C11H7ClFNO3. The van der Waals surface area contributed by atoms with Gasteiger partial charge in [-0.1, -0.05) is 16.8 Å². The second-order valence-electron chi connectivity index (χ2n) is 3.46. The molecule has 0 aliphatic rings. The molecule has 0 aliphatic heterocycles. The molecule has 2 aromatic rings. The van der Waals surface area contributed by atoms with Crippen LogP contribution in [-0.2, 0) is 0 Å². The minimum Gasteiger partial charge on any atom is -0.475 e. The molecule has 0 unspecified atom stereocenters. The Kier molecular flexibility index (Phi) is 2.85. The van der Waals surface area contributed by atoms with E-state index in [1.54, 1.807) is 6.92 Å². The summed E-state index contributed by atoms with van der Waals surface area (Å²) in [5.74, 6) is -2.14. The Morgan fingerprint density at radius 2 is 2.18 bits per heavy atom. The molecule has 1 aromatic carbocycles. The van der Waals surface area contributed by atoms with E-state index in [0.29, 0.717) is 10.6 Å². The third-order valence-corrected chi connectivity index (χ3v) is 2.65. The molecule has 0 fully saturated rings. The predicted octanol–water partition coefficient (Wildman–Crippen LogP) is 3.14. The van der Waals surface area contributed by atoms with Gasteiger partial charge in [0.25, 0.3) is 0 Å². The van der Waals surface area contributed by atoms with Gasteiger partial charge in [-0.05, 0) is 24.6 Å². The van der Waals surface area contributed by atoms with Gasteiger partial charge >= 0.3 is 5.97 Å². The summed E-state index contributed by atoms with van der Waals surface area (Å²) in [6, 6.07) is 3.79. The Hall–Kier alpha value is -1.88. The molecule has 0 saturated carbocycles. The van der Waals surface area contributed by atoms with Crippen LogP contribution in [0.2, 0.25) is 5.02 Å². The van der Waals surface area contributed by atoms with Gasteiger partial charge in [-0.15, -0.1) is 0 Å². The van der Waals surface area contributed by atoms with E-state index < -0.39 is 11.8 Å². The smallest absolute Gasteiger partial charge is 0.374 e. The SMILES string of the molecule is Cc1cc(F)c(-c2cc(C(=O)O)on2)cc1Cl. The van der Waals surface area contributed by atoms with Gasteiger partial charge in [0, 0.05) is 16.7 Å². The molecule has 0 aliphatic carbocycles. The lowest BCUT2D eigenvalue weighted by Gasteiger charge is -2.02. The fourth-order valence-corrected chi connectivity index (χ4v) is 1.51. The molecule has 17 heavy (non-hydrogen) atoms. The molecule has 0 spiro atoms. The van der Waals surface area contributed by atoms with Crippen molar-refractivity contribution in [1.82, 2.24) is 5.16 Å². The summed E-state index contributed by atoms with van der Waals surface area (Å²) in [5.41, 5.74) is 0.800. The zero-order chi connectivity index (χ0) is 12.6. The van der Waals surface area contributed by atoms with Crippen LogP contribution in [0.4, 0.5) is 4.39 Å². The number of halogens is 2. The molecule has 0 saturated heterocycles. The normalized spacial score (nSPS) is 10.5. The standard InChI is InChI=1S/C11H7ClFNO3/c1-5-2-8(13)6(3-7(5)12)9-4-10(11(15)16)17-14-9/h2-4H,1H3,(H,15,16). The van der Waals surface area contributed by atoms with Crippen LogP contribution >= 0.6 is 11.6 Å². The molecule has 0 bridgehead atoms. The first-order chi connectivity index (χ1) is 7.99. The highest BCUT2D eigenvalue weighted by atomic mass is 35.5. The van der Waals surface area contributed by atoms with Gasteiger partial charge in [-0.3, -0.25) is 0 Å². The molecule has 0 radical (unpaired) electrons. The molecule has 88 valence electrons. The molecule has 2 rings (SSSR count). The number of rotatable bonds is 2. The van der Waals surface area contributed by atoms with Crippen molar-refractivity contribution in [2.24, 2.45) is 0 Å². The first-order valence-electron chi connectivity index (χ1n) is 4.65. The Labute approximate surface area is 101 Å².